The number of benzene rings is 1. The van der Waals surface area contributed by atoms with Gasteiger partial charge in [0.05, 0.1) is 18.4 Å². The lowest BCUT2D eigenvalue weighted by atomic mass is 9.94. The van der Waals surface area contributed by atoms with Crippen molar-refractivity contribution in [3.8, 4) is 11.5 Å². The van der Waals surface area contributed by atoms with E-state index in [1.165, 1.54) is 38.5 Å². The molecule has 1 aromatic carbocycles. The number of nitrogens with one attached hydrogen (secondary N) is 1. The highest BCUT2D eigenvalue weighted by Crippen LogP contribution is 2.19. The molecule has 1 atom stereocenters. The largest absolute Gasteiger partial charge is 0.497 e. The third-order valence-corrected chi connectivity index (χ3v) is 5.12. The van der Waals surface area contributed by atoms with Crippen molar-refractivity contribution in [3.05, 3.63) is 53.9 Å². The molecular formula is C24H34N2O3. The van der Waals surface area contributed by atoms with Crippen LogP contribution < -0.4 is 14.8 Å². The normalized spacial score (nSPS) is 11.8. The smallest absolute Gasteiger partial charge is 0.343 e. The Morgan fingerprint density at radius 2 is 1.83 bits per heavy atom. The second-order valence-corrected chi connectivity index (χ2v) is 7.34. The number of unbranched alkanes of at least 4 members (excludes halogenated alkanes) is 1. The Kier molecular flexibility index (Phi) is 10.2. The van der Waals surface area contributed by atoms with Crippen LogP contribution in [0.25, 0.3) is 0 Å². The summed E-state index contributed by atoms with van der Waals surface area (Å²) in [6, 6.07) is 10.4. The van der Waals surface area contributed by atoms with E-state index in [0.29, 0.717) is 17.9 Å². The lowest BCUT2D eigenvalue weighted by molar-refractivity contribution is 0.0734. The molecule has 0 fully saturated rings. The van der Waals surface area contributed by atoms with Gasteiger partial charge in [-0.2, -0.15) is 0 Å². The number of rotatable bonds is 13. The summed E-state index contributed by atoms with van der Waals surface area (Å²) in [5.41, 5.74) is 1.34. The second-order valence-electron chi connectivity index (χ2n) is 7.34. The minimum Gasteiger partial charge on any atom is -0.497 e. The zero-order chi connectivity index (χ0) is 20.9. The maximum atomic E-state index is 12.4. The quantitative estimate of drug-likeness (QED) is 0.278. The first-order valence-corrected chi connectivity index (χ1v) is 10.7. The molecule has 1 unspecified atom stereocenters. The van der Waals surface area contributed by atoms with Crippen molar-refractivity contribution in [1.29, 1.82) is 0 Å². The Balaban J connectivity index is 1.74. The average molecular weight is 399 g/mol. The predicted octanol–water partition coefficient (Wildman–Crippen LogP) is 5.40. The monoisotopic (exact) mass is 398 g/mol. The lowest BCUT2D eigenvalue weighted by Crippen LogP contribution is -2.17. The van der Waals surface area contributed by atoms with E-state index in [0.717, 1.165) is 23.9 Å². The van der Waals surface area contributed by atoms with Gasteiger partial charge in [-0.25, -0.2) is 4.79 Å². The zero-order valence-corrected chi connectivity index (χ0v) is 17.9. The van der Waals surface area contributed by atoms with Crippen molar-refractivity contribution >= 4 is 5.97 Å². The highest BCUT2D eigenvalue weighted by atomic mass is 16.5. The molecule has 2 aromatic rings. The van der Waals surface area contributed by atoms with Gasteiger partial charge in [-0.05, 0) is 55.3 Å². The molecule has 158 valence electrons. The third-order valence-electron chi connectivity index (χ3n) is 5.12. The number of hydrogen-bond donors (Lipinski definition) is 1. The summed E-state index contributed by atoms with van der Waals surface area (Å²) < 4.78 is 10.5. The van der Waals surface area contributed by atoms with Gasteiger partial charge in [0.2, 0.25) is 0 Å². The Morgan fingerprint density at radius 3 is 2.52 bits per heavy atom. The molecule has 1 N–H and O–H groups in total. The molecule has 0 amide bonds. The molecule has 0 spiro atoms. The molecule has 5 nitrogen and oxygen atoms in total. The maximum Gasteiger partial charge on any atom is 0.343 e. The SMILES string of the molecule is CCCC(CC)CCCCNCc1cc(C(=O)Oc2ccc(OC)cc2)ccn1. The average Bonchev–Trinajstić information content (AvgIpc) is 2.76. The first kappa shape index (κ1) is 22.9. The van der Waals surface area contributed by atoms with Gasteiger partial charge in [0.15, 0.2) is 0 Å². The van der Waals surface area contributed by atoms with Crippen LogP contribution in [0.3, 0.4) is 0 Å². The van der Waals surface area contributed by atoms with Crippen LogP contribution in [0.1, 0.15) is 68.4 Å². The number of methoxy groups -OCH3 is 1. The van der Waals surface area contributed by atoms with Gasteiger partial charge in [0, 0.05) is 12.7 Å². The van der Waals surface area contributed by atoms with E-state index in [2.05, 4.69) is 24.1 Å². The molecule has 0 bridgehead atoms. The van der Waals surface area contributed by atoms with Gasteiger partial charge in [-0.1, -0.05) is 46.0 Å². The molecule has 0 saturated carbocycles. The van der Waals surface area contributed by atoms with Gasteiger partial charge in [0.25, 0.3) is 0 Å². The second kappa shape index (κ2) is 12.9. The number of hydrogen-bond acceptors (Lipinski definition) is 5. The Labute approximate surface area is 174 Å². The van der Waals surface area contributed by atoms with E-state index < -0.39 is 0 Å². The number of esters is 1. The van der Waals surface area contributed by atoms with Gasteiger partial charge in [-0.15, -0.1) is 0 Å². The fourth-order valence-corrected chi connectivity index (χ4v) is 3.37. The van der Waals surface area contributed by atoms with E-state index in [9.17, 15) is 4.79 Å². The van der Waals surface area contributed by atoms with Crippen LogP contribution in [0, 0.1) is 5.92 Å². The van der Waals surface area contributed by atoms with E-state index in [4.69, 9.17) is 9.47 Å². The summed E-state index contributed by atoms with van der Waals surface area (Å²) in [5.74, 6) is 1.69. The maximum absolute atomic E-state index is 12.4. The summed E-state index contributed by atoms with van der Waals surface area (Å²) >= 11 is 0. The van der Waals surface area contributed by atoms with Crippen molar-refractivity contribution in [2.75, 3.05) is 13.7 Å². The number of aromatic nitrogens is 1. The van der Waals surface area contributed by atoms with Crippen molar-refractivity contribution in [2.24, 2.45) is 5.92 Å². The summed E-state index contributed by atoms with van der Waals surface area (Å²) in [4.78, 5) is 16.7. The molecule has 0 saturated heterocycles. The lowest BCUT2D eigenvalue weighted by Gasteiger charge is -2.13. The highest BCUT2D eigenvalue weighted by molar-refractivity contribution is 5.91. The van der Waals surface area contributed by atoms with E-state index in [1.807, 2.05) is 0 Å². The van der Waals surface area contributed by atoms with Crippen LogP contribution in [0.4, 0.5) is 0 Å². The van der Waals surface area contributed by atoms with Crippen molar-refractivity contribution in [2.45, 2.75) is 58.9 Å². The zero-order valence-electron chi connectivity index (χ0n) is 17.9. The van der Waals surface area contributed by atoms with Crippen molar-refractivity contribution in [1.82, 2.24) is 10.3 Å². The van der Waals surface area contributed by atoms with Crippen LogP contribution in [-0.2, 0) is 6.54 Å². The summed E-state index contributed by atoms with van der Waals surface area (Å²) in [7, 11) is 1.60. The number of pyridine rings is 1. The molecular weight excluding hydrogens is 364 g/mol. The molecule has 2 rings (SSSR count). The number of carbonyl (C=O) groups excluding carboxylic acids is 1. The molecule has 1 heterocycles. The predicted molar refractivity (Wildman–Crippen MR) is 116 cm³/mol. The Morgan fingerprint density at radius 1 is 1.07 bits per heavy atom. The highest BCUT2D eigenvalue weighted by Gasteiger charge is 2.10. The Bertz CT molecular complexity index is 731. The van der Waals surface area contributed by atoms with Crippen LogP contribution in [0.15, 0.2) is 42.6 Å². The van der Waals surface area contributed by atoms with Crippen LogP contribution in [-0.4, -0.2) is 24.6 Å². The van der Waals surface area contributed by atoms with Crippen molar-refractivity contribution < 1.29 is 14.3 Å². The van der Waals surface area contributed by atoms with Crippen LogP contribution >= 0.6 is 0 Å². The van der Waals surface area contributed by atoms with Gasteiger partial charge in [0.1, 0.15) is 11.5 Å². The summed E-state index contributed by atoms with van der Waals surface area (Å²) in [6.07, 6.45) is 9.29. The van der Waals surface area contributed by atoms with Crippen LogP contribution in [0.5, 0.6) is 11.5 Å². The molecule has 0 aliphatic heterocycles. The van der Waals surface area contributed by atoms with Gasteiger partial charge < -0.3 is 14.8 Å². The minimum absolute atomic E-state index is 0.389. The number of ether oxygens (including phenoxy) is 2. The molecule has 1 aromatic heterocycles. The fraction of sp³-hybridized carbons (Fsp3) is 0.500. The summed E-state index contributed by atoms with van der Waals surface area (Å²) in [5, 5.41) is 3.43. The van der Waals surface area contributed by atoms with Crippen molar-refractivity contribution in [3.63, 3.8) is 0 Å². The molecule has 29 heavy (non-hydrogen) atoms. The first-order chi connectivity index (χ1) is 14.2. The van der Waals surface area contributed by atoms with Crippen LogP contribution in [0.2, 0.25) is 0 Å². The fourth-order valence-electron chi connectivity index (χ4n) is 3.37. The molecule has 0 aliphatic carbocycles. The minimum atomic E-state index is -0.389. The molecule has 0 radical (unpaired) electrons. The van der Waals surface area contributed by atoms with E-state index in [1.54, 1.807) is 49.7 Å². The third kappa shape index (κ3) is 8.24. The van der Waals surface area contributed by atoms with E-state index >= 15 is 0 Å². The topological polar surface area (TPSA) is 60.5 Å². The number of nitrogens with zero attached hydrogens (tertiary/aromatic N) is 1. The first-order valence-electron chi connectivity index (χ1n) is 10.7. The van der Waals surface area contributed by atoms with E-state index in [-0.39, 0.29) is 5.97 Å². The molecule has 0 aliphatic rings. The number of carbonyl (C=O) groups is 1. The van der Waals surface area contributed by atoms with Gasteiger partial charge in [-0.3, -0.25) is 4.98 Å². The standard InChI is InChI=1S/C24H34N2O3/c1-4-8-19(5-2)9-6-7-15-25-18-21-17-20(14-16-26-21)24(27)29-23-12-10-22(28-3)11-13-23/h10-14,16-17,19,25H,4-9,15,18H2,1-3H3. The van der Waals surface area contributed by atoms with Gasteiger partial charge >= 0.3 is 5.97 Å². The Hall–Kier alpha value is -2.40. The molecule has 5 heteroatoms. The summed E-state index contributed by atoms with van der Waals surface area (Å²) in [6.45, 7) is 6.16.